The number of likely N-dealkylation sites (tertiary alicyclic amines) is 1. The third-order valence-electron chi connectivity index (χ3n) is 6.95. The van der Waals surface area contributed by atoms with E-state index in [0.717, 1.165) is 72.3 Å². The van der Waals surface area contributed by atoms with Gasteiger partial charge in [-0.2, -0.15) is 10.4 Å². The first-order chi connectivity index (χ1) is 15.0. The highest BCUT2D eigenvalue weighted by Crippen LogP contribution is 2.42. The Balaban J connectivity index is 1.42. The molecule has 0 aliphatic carbocycles. The summed E-state index contributed by atoms with van der Waals surface area (Å²) in [6.07, 6.45) is 5.38. The molecule has 0 unspecified atom stereocenters. The SMILES string of the molecule is C=CC(=O)N1CC2(CCN(c3ccc(C#N)c(-c4c(C)ccc5[nH]ncc45)c3)CC2)C1. The Labute approximate surface area is 181 Å². The Kier molecular flexibility index (Phi) is 4.55. The lowest BCUT2D eigenvalue weighted by molar-refractivity contribution is -0.139. The highest BCUT2D eigenvalue weighted by molar-refractivity contribution is 5.98. The predicted octanol–water partition coefficient (Wildman–Crippen LogP) is 4.02. The smallest absolute Gasteiger partial charge is 0.245 e. The zero-order valence-corrected chi connectivity index (χ0v) is 17.7. The number of carbonyl (C=O) groups excluding carboxylic acids is 1. The van der Waals surface area contributed by atoms with E-state index >= 15 is 0 Å². The zero-order chi connectivity index (χ0) is 21.6. The van der Waals surface area contributed by atoms with Crippen LogP contribution in [-0.4, -0.2) is 47.2 Å². The van der Waals surface area contributed by atoms with Gasteiger partial charge in [0.25, 0.3) is 0 Å². The first kappa shape index (κ1) is 19.4. The van der Waals surface area contributed by atoms with Gasteiger partial charge in [-0.3, -0.25) is 9.89 Å². The maximum atomic E-state index is 11.8. The lowest BCUT2D eigenvalue weighted by Crippen LogP contribution is -2.61. The van der Waals surface area contributed by atoms with Crippen LogP contribution in [0.1, 0.15) is 24.0 Å². The predicted molar refractivity (Wildman–Crippen MR) is 122 cm³/mol. The van der Waals surface area contributed by atoms with Crippen molar-refractivity contribution in [3.05, 3.63) is 60.3 Å². The first-order valence-electron chi connectivity index (χ1n) is 10.7. The monoisotopic (exact) mass is 411 g/mol. The second-order valence-electron chi connectivity index (χ2n) is 8.82. The van der Waals surface area contributed by atoms with Gasteiger partial charge in [0, 0.05) is 48.2 Å². The van der Waals surface area contributed by atoms with Crippen molar-refractivity contribution in [2.45, 2.75) is 19.8 Å². The van der Waals surface area contributed by atoms with Crippen molar-refractivity contribution in [2.75, 3.05) is 31.1 Å². The van der Waals surface area contributed by atoms with E-state index in [1.165, 1.54) is 6.08 Å². The molecule has 2 aliphatic heterocycles. The summed E-state index contributed by atoms with van der Waals surface area (Å²) in [6.45, 7) is 9.25. The van der Waals surface area contributed by atoms with Crippen LogP contribution in [0.3, 0.4) is 0 Å². The highest BCUT2D eigenvalue weighted by Gasteiger charge is 2.46. The van der Waals surface area contributed by atoms with Gasteiger partial charge >= 0.3 is 0 Å². The molecule has 5 rings (SSSR count). The average molecular weight is 412 g/mol. The van der Waals surface area contributed by atoms with Crippen molar-refractivity contribution < 1.29 is 4.79 Å². The molecule has 2 saturated heterocycles. The van der Waals surface area contributed by atoms with Crippen LogP contribution >= 0.6 is 0 Å². The summed E-state index contributed by atoms with van der Waals surface area (Å²) in [5.41, 5.74) is 6.18. The Morgan fingerprint density at radius 1 is 1.26 bits per heavy atom. The number of H-pyrrole nitrogens is 1. The number of aromatic nitrogens is 2. The normalized spacial score (nSPS) is 17.4. The van der Waals surface area contributed by atoms with E-state index in [4.69, 9.17) is 0 Å². The molecule has 2 fully saturated rings. The van der Waals surface area contributed by atoms with Gasteiger partial charge in [-0.15, -0.1) is 0 Å². The summed E-state index contributed by atoms with van der Waals surface area (Å²) in [5, 5.41) is 18.0. The molecule has 3 heterocycles. The van der Waals surface area contributed by atoms with Crippen molar-refractivity contribution >= 4 is 22.5 Å². The van der Waals surface area contributed by atoms with E-state index < -0.39 is 0 Å². The van der Waals surface area contributed by atoms with E-state index in [9.17, 15) is 10.1 Å². The minimum absolute atomic E-state index is 0.0357. The van der Waals surface area contributed by atoms with E-state index in [0.29, 0.717) is 5.56 Å². The summed E-state index contributed by atoms with van der Waals surface area (Å²) in [5.74, 6) is 0.0357. The van der Waals surface area contributed by atoms with Crippen molar-refractivity contribution in [2.24, 2.45) is 5.41 Å². The van der Waals surface area contributed by atoms with Crippen LogP contribution in [0.15, 0.2) is 49.2 Å². The molecule has 1 N–H and O–H groups in total. The number of aryl methyl sites for hydroxylation is 1. The second kappa shape index (κ2) is 7.28. The van der Waals surface area contributed by atoms with E-state index in [2.05, 4.69) is 52.9 Å². The second-order valence-corrected chi connectivity index (χ2v) is 8.82. The summed E-state index contributed by atoms with van der Waals surface area (Å²) >= 11 is 0. The van der Waals surface area contributed by atoms with Gasteiger partial charge in [0.15, 0.2) is 0 Å². The Bertz CT molecular complexity index is 1220. The van der Waals surface area contributed by atoms with E-state index in [1.54, 1.807) is 0 Å². The summed E-state index contributed by atoms with van der Waals surface area (Å²) in [6, 6.07) is 12.6. The molecule has 31 heavy (non-hydrogen) atoms. The first-order valence-corrected chi connectivity index (χ1v) is 10.7. The Morgan fingerprint density at radius 2 is 2.03 bits per heavy atom. The zero-order valence-electron chi connectivity index (χ0n) is 17.7. The number of piperidine rings is 1. The number of rotatable bonds is 3. The van der Waals surface area contributed by atoms with Crippen LogP contribution in [0, 0.1) is 23.7 Å². The highest BCUT2D eigenvalue weighted by atomic mass is 16.2. The van der Waals surface area contributed by atoms with Gasteiger partial charge in [0.05, 0.1) is 23.3 Å². The molecule has 2 aliphatic rings. The van der Waals surface area contributed by atoms with Crippen LogP contribution in [0.25, 0.3) is 22.0 Å². The van der Waals surface area contributed by atoms with Crippen molar-refractivity contribution in [3.63, 3.8) is 0 Å². The Morgan fingerprint density at radius 3 is 2.74 bits per heavy atom. The molecule has 6 heteroatoms. The number of fused-ring (bicyclic) bond motifs is 1. The largest absolute Gasteiger partial charge is 0.371 e. The van der Waals surface area contributed by atoms with Gasteiger partial charge in [0.1, 0.15) is 0 Å². The fourth-order valence-electron chi connectivity index (χ4n) is 5.12. The van der Waals surface area contributed by atoms with Crippen molar-refractivity contribution in [1.82, 2.24) is 15.1 Å². The molecule has 156 valence electrons. The van der Waals surface area contributed by atoms with Gasteiger partial charge in [-0.1, -0.05) is 12.6 Å². The fourth-order valence-corrected chi connectivity index (χ4v) is 5.12. The molecule has 0 bridgehead atoms. The number of amides is 1. The molecule has 3 aromatic rings. The van der Waals surface area contributed by atoms with E-state index in [-0.39, 0.29) is 11.3 Å². The Hall–Kier alpha value is -3.59. The number of aromatic amines is 1. The molecular formula is C25H25N5O. The lowest BCUT2D eigenvalue weighted by atomic mass is 9.72. The van der Waals surface area contributed by atoms with Crippen molar-refractivity contribution in [1.29, 1.82) is 5.26 Å². The number of hydrogen-bond donors (Lipinski definition) is 1. The number of anilines is 1. The number of hydrogen-bond acceptors (Lipinski definition) is 4. The number of carbonyl (C=O) groups is 1. The third-order valence-corrected chi connectivity index (χ3v) is 6.95. The maximum Gasteiger partial charge on any atom is 0.245 e. The van der Waals surface area contributed by atoms with Crippen LogP contribution in [0.5, 0.6) is 0 Å². The van der Waals surface area contributed by atoms with E-state index in [1.807, 2.05) is 23.2 Å². The molecule has 0 atom stereocenters. The molecule has 1 amide bonds. The van der Waals surface area contributed by atoms with Gasteiger partial charge in [-0.05, 0) is 61.2 Å². The maximum absolute atomic E-state index is 11.8. The average Bonchev–Trinajstić information content (AvgIpc) is 3.25. The van der Waals surface area contributed by atoms with Crippen LogP contribution in [0.2, 0.25) is 0 Å². The molecule has 1 spiro atoms. The van der Waals surface area contributed by atoms with Crippen molar-refractivity contribution in [3.8, 4) is 17.2 Å². The quantitative estimate of drug-likeness (QED) is 0.661. The standard InChI is InChI=1S/C25H25N5O/c1-3-23(31)30-15-25(16-30)8-10-29(11-9-25)19-6-5-18(13-26)20(12-19)24-17(2)4-7-22-21(24)14-27-28-22/h3-7,12,14H,1,8-11,15-16H2,2H3,(H,27,28). The summed E-state index contributed by atoms with van der Waals surface area (Å²) in [4.78, 5) is 16.1. The van der Waals surface area contributed by atoms with Crippen LogP contribution in [-0.2, 0) is 4.79 Å². The molecule has 6 nitrogen and oxygen atoms in total. The molecule has 2 aromatic carbocycles. The summed E-state index contributed by atoms with van der Waals surface area (Å²) < 4.78 is 0. The van der Waals surface area contributed by atoms with Crippen LogP contribution in [0.4, 0.5) is 5.69 Å². The van der Waals surface area contributed by atoms with Gasteiger partial charge in [0.2, 0.25) is 5.91 Å². The topological polar surface area (TPSA) is 76.0 Å². The fraction of sp³-hybridized carbons (Fsp3) is 0.320. The lowest BCUT2D eigenvalue weighted by Gasteiger charge is -2.54. The minimum Gasteiger partial charge on any atom is -0.371 e. The molecular weight excluding hydrogens is 386 g/mol. The molecule has 0 saturated carbocycles. The number of nitrogens with zero attached hydrogens (tertiary/aromatic N) is 4. The van der Waals surface area contributed by atoms with Gasteiger partial charge < -0.3 is 9.80 Å². The molecule has 0 radical (unpaired) electrons. The number of nitriles is 1. The van der Waals surface area contributed by atoms with Crippen LogP contribution < -0.4 is 4.90 Å². The number of nitrogens with one attached hydrogen (secondary N) is 1. The van der Waals surface area contributed by atoms with Gasteiger partial charge in [-0.25, -0.2) is 0 Å². The minimum atomic E-state index is 0.0357. The summed E-state index contributed by atoms with van der Waals surface area (Å²) in [7, 11) is 0. The third kappa shape index (κ3) is 3.17. The molecule has 1 aromatic heterocycles. The number of benzene rings is 2.